The Balaban J connectivity index is 1.53. The van der Waals surface area contributed by atoms with E-state index in [2.05, 4.69) is 32.0 Å². The molecular weight excluding hydrogens is 397 g/mol. The smallest absolute Gasteiger partial charge is 0.250 e. The molecule has 0 saturated carbocycles. The fourth-order valence-electron chi connectivity index (χ4n) is 4.41. The first kappa shape index (κ1) is 21.0. The first-order valence-electron chi connectivity index (χ1n) is 10.3. The average Bonchev–Trinajstić information content (AvgIpc) is 3.27. The summed E-state index contributed by atoms with van der Waals surface area (Å²) in [4.78, 5) is 18.5. The number of aromatic nitrogens is 2. The van der Waals surface area contributed by atoms with E-state index >= 15 is 0 Å². The highest BCUT2D eigenvalue weighted by atomic mass is 19.1. The molecule has 31 heavy (non-hydrogen) atoms. The van der Waals surface area contributed by atoms with E-state index < -0.39 is 11.7 Å². The van der Waals surface area contributed by atoms with E-state index in [1.54, 1.807) is 0 Å². The van der Waals surface area contributed by atoms with Crippen molar-refractivity contribution in [3.05, 3.63) is 52.6 Å². The lowest BCUT2D eigenvalue weighted by Crippen LogP contribution is -2.40. The van der Waals surface area contributed by atoms with Crippen molar-refractivity contribution < 1.29 is 9.18 Å². The minimum absolute atomic E-state index is 0.0910. The van der Waals surface area contributed by atoms with E-state index in [1.165, 1.54) is 18.0 Å². The van der Waals surface area contributed by atoms with Gasteiger partial charge in [-0.2, -0.15) is 0 Å². The number of piperidine rings is 1. The van der Waals surface area contributed by atoms with Crippen LogP contribution in [0.15, 0.2) is 29.7 Å². The molecule has 0 aliphatic carbocycles. The van der Waals surface area contributed by atoms with Crippen molar-refractivity contribution in [3.63, 3.8) is 0 Å². The van der Waals surface area contributed by atoms with E-state index in [9.17, 15) is 9.18 Å². The van der Waals surface area contributed by atoms with Crippen molar-refractivity contribution in [2.75, 3.05) is 23.7 Å². The van der Waals surface area contributed by atoms with Gasteiger partial charge in [-0.05, 0) is 50.4 Å². The molecule has 0 radical (unpaired) electrons. The summed E-state index contributed by atoms with van der Waals surface area (Å²) in [5.74, 6) is 0.366. The van der Waals surface area contributed by atoms with Crippen LogP contribution in [0.1, 0.15) is 41.6 Å². The molecule has 164 valence electrons. The topological polar surface area (TPSA) is 112 Å². The summed E-state index contributed by atoms with van der Waals surface area (Å²) in [5, 5.41) is 14.4. The van der Waals surface area contributed by atoms with Gasteiger partial charge in [-0.3, -0.25) is 9.69 Å². The number of benzene rings is 1. The number of fused-ring (bicyclic) bond motifs is 1. The van der Waals surface area contributed by atoms with Gasteiger partial charge in [0.15, 0.2) is 0 Å². The number of rotatable bonds is 5. The van der Waals surface area contributed by atoms with Crippen LogP contribution in [0.3, 0.4) is 0 Å². The highest BCUT2D eigenvalue weighted by Gasteiger charge is 2.36. The molecule has 0 spiro atoms. The van der Waals surface area contributed by atoms with Gasteiger partial charge in [-0.15, -0.1) is 0 Å². The van der Waals surface area contributed by atoms with Crippen LogP contribution in [0.4, 0.5) is 15.8 Å². The largest absolute Gasteiger partial charge is 0.366 e. The third-order valence-electron chi connectivity index (χ3n) is 6.60. The third kappa shape index (κ3) is 3.81. The highest BCUT2D eigenvalue weighted by molar-refractivity contribution is 6.04. The number of amides is 1. The summed E-state index contributed by atoms with van der Waals surface area (Å²) in [7, 11) is 2.03. The predicted octanol–water partition coefficient (Wildman–Crippen LogP) is 2.97. The maximum absolute atomic E-state index is 13.9. The maximum Gasteiger partial charge on any atom is 0.250 e. The molecule has 2 aliphatic rings. The Morgan fingerprint density at radius 3 is 2.65 bits per heavy atom. The monoisotopic (exact) mass is 425 g/mol. The van der Waals surface area contributed by atoms with Crippen molar-refractivity contribution in [1.29, 1.82) is 5.41 Å². The lowest BCUT2D eigenvalue weighted by Gasteiger charge is -2.40. The number of hydrogen-bond donors (Lipinski definition) is 4. The number of halogens is 1. The van der Waals surface area contributed by atoms with Crippen molar-refractivity contribution in [2.45, 2.75) is 33.2 Å². The molecule has 5 N–H and O–H groups in total. The van der Waals surface area contributed by atoms with Gasteiger partial charge in [0.25, 0.3) is 5.91 Å². The SMILES string of the molecule is Cc1ncc(CN2CCC(C)(/C(C=N)=C3\Nc4cc(F)cc(C(N)=O)c4N3)CC2)n1C. The number of hydrogen-bond acceptors (Lipinski definition) is 6. The highest BCUT2D eigenvalue weighted by Crippen LogP contribution is 2.43. The lowest BCUT2D eigenvalue weighted by molar-refractivity contribution is 0.100. The van der Waals surface area contributed by atoms with Crippen LogP contribution >= 0.6 is 0 Å². The fourth-order valence-corrected chi connectivity index (χ4v) is 4.41. The van der Waals surface area contributed by atoms with Crippen LogP contribution in [0.5, 0.6) is 0 Å². The molecule has 9 heteroatoms. The number of imidazole rings is 1. The number of aryl methyl sites for hydroxylation is 1. The molecule has 1 saturated heterocycles. The number of nitrogens with two attached hydrogens (primary N) is 1. The molecule has 0 atom stereocenters. The van der Waals surface area contributed by atoms with Gasteiger partial charge in [0.05, 0.1) is 22.6 Å². The lowest BCUT2D eigenvalue weighted by atomic mass is 9.74. The third-order valence-corrected chi connectivity index (χ3v) is 6.60. The zero-order valence-corrected chi connectivity index (χ0v) is 18.1. The Labute approximate surface area is 180 Å². The molecular formula is C22H28FN7O. The fraction of sp³-hybridized carbons (Fsp3) is 0.409. The molecule has 4 rings (SSSR count). The Bertz CT molecular complexity index is 1080. The van der Waals surface area contributed by atoms with E-state index in [0.29, 0.717) is 17.2 Å². The Hall–Kier alpha value is -3.20. The van der Waals surface area contributed by atoms with Crippen molar-refractivity contribution in [1.82, 2.24) is 14.5 Å². The van der Waals surface area contributed by atoms with Gasteiger partial charge in [-0.25, -0.2) is 9.37 Å². The predicted molar refractivity (Wildman–Crippen MR) is 119 cm³/mol. The van der Waals surface area contributed by atoms with Crippen molar-refractivity contribution in [3.8, 4) is 0 Å². The van der Waals surface area contributed by atoms with E-state index in [4.69, 9.17) is 11.1 Å². The van der Waals surface area contributed by atoms with Gasteiger partial charge >= 0.3 is 0 Å². The van der Waals surface area contributed by atoms with E-state index in [0.717, 1.165) is 49.9 Å². The number of carbonyl (C=O) groups excluding carboxylic acids is 1. The minimum Gasteiger partial charge on any atom is -0.366 e. The second-order valence-electron chi connectivity index (χ2n) is 8.62. The van der Waals surface area contributed by atoms with Crippen LogP contribution < -0.4 is 16.4 Å². The molecule has 3 heterocycles. The van der Waals surface area contributed by atoms with Gasteiger partial charge < -0.3 is 26.3 Å². The average molecular weight is 426 g/mol. The van der Waals surface area contributed by atoms with E-state index in [-0.39, 0.29) is 11.0 Å². The second-order valence-corrected chi connectivity index (χ2v) is 8.62. The number of likely N-dealkylation sites (tertiary alicyclic amines) is 1. The number of allylic oxidation sites excluding steroid dienone is 1. The Morgan fingerprint density at radius 1 is 1.35 bits per heavy atom. The van der Waals surface area contributed by atoms with Gasteiger partial charge in [0.2, 0.25) is 0 Å². The first-order chi connectivity index (χ1) is 14.7. The van der Waals surface area contributed by atoms with Crippen LogP contribution in [0, 0.1) is 23.6 Å². The zero-order chi connectivity index (χ0) is 22.3. The quantitative estimate of drug-likeness (QED) is 0.550. The van der Waals surface area contributed by atoms with Crippen LogP contribution in [-0.4, -0.2) is 39.7 Å². The molecule has 1 aromatic carbocycles. The normalized spacial score (nSPS) is 19.4. The van der Waals surface area contributed by atoms with Gasteiger partial charge in [-0.1, -0.05) is 6.92 Å². The number of primary amides is 1. The van der Waals surface area contributed by atoms with Gasteiger partial charge in [0.1, 0.15) is 17.5 Å². The minimum atomic E-state index is -0.701. The van der Waals surface area contributed by atoms with Crippen molar-refractivity contribution in [2.24, 2.45) is 18.2 Å². The maximum atomic E-state index is 13.9. The number of carbonyl (C=O) groups is 1. The van der Waals surface area contributed by atoms with Crippen LogP contribution in [0.2, 0.25) is 0 Å². The molecule has 1 fully saturated rings. The van der Waals surface area contributed by atoms with Crippen LogP contribution in [0.25, 0.3) is 0 Å². The Kier molecular flexibility index (Phi) is 5.30. The summed E-state index contributed by atoms with van der Waals surface area (Å²) in [6, 6.07) is 2.45. The summed E-state index contributed by atoms with van der Waals surface area (Å²) < 4.78 is 16.0. The summed E-state index contributed by atoms with van der Waals surface area (Å²) in [6.45, 7) is 6.76. The standard InChI is InChI=1S/C22H28FN7O/c1-13-26-11-15(29(13)3)12-30-6-4-22(2,5-7-30)17(10-24)21-27-18-9-14(23)8-16(20(25)31)19(18)28-21/h8-11,24,27-28H,4-7,12H2,1-3H3,(H2,25,31)/b21-17+,24-10?. The molecule has 8 nitrogen and oxygen atoms in total. The molecule has 0 unspecified atom stereocenters. The zero-order valence-electron chi connectivity index (χ0n) is 18.1. The molecule has 2 aromatic rings. The molecule has 0 bridgehead atoms. The van der Waals surface area contributed by atoms with E-state index in [1.807, 2.05) is 20.2 Å². The van der Waals surface area contributed by atoms with Gasteiger partial charge in [0, 0.05) is 31.6 Å². The molecule has 2 aliphatic heterocycles. The first-order valence-corrected chi connectivity index (χ1v) is 10.3. The summed E-state index contributed by atoms with van der Waals surface area (Å²) in [5.41, 5.74) is 8.17. The summed E-state index contributed by atoms with van der Waals surface area (Å²) in [6.07, 6.45) is 5.01. The van der Waals surface area contributed by atoms with Crippen LogP contribution in [-0.2, 0) is 13.6 Å². The Morgan fingerprint density at radius 2 is 2.06 bits per heavy atom. The number of nitrogens with one attached hydrogen (secondary N) is 3. The molecule has 1 aromatic heterocycles. The number of nitrogens with zero attached hydrogens (tertiary/aromatic N) is 3. The number of anilines is 2. The molecule has 1 amide bonds. The second kappa shape index (κ2) is 7.81. The summed E-state index contributed by atoms with van der Waals surface area (Å²) >= 11 is 0. The van der Waals surface area contributed by atoms with Crippen molar-refractivity contribution >= 4 is 23.5 Å².